The number of amides is 2. The van der Waals surface area contributed by atoms with Crippen molar-refractivity contribution in [3.8, 4) is 0 Å². The lowest BCUT2D eigenvalue weighted by Crippen LogP contribution is -2.50. The van der Waals surface area contributed by atoms with Crippen molar-refractivity contribution >= 4 is 12.0 Å². The summed E-state index contributed by atoms with van der Waals surface area (Å²) in [4.78, 5) is 24.2. The van der Waals surface area contributed by atoms with E-state index in [4.69, 9.17) is 19.3 Å². The van der Waals surface area contributed by atoms with Crippen LogP contribution in [0, 0.1) is 5.41 Å². The van der Waals surface area contributed by atoms with Gasteiger partial charge in [0.1, 0.15) is 11.6 Å². The lowest BCUT2D eigenvalue weighted by Gasteiger charge is -2.29. The van der Waals surface area contributed by atoms with Gasteiger partial charge in [0.05, 0.1) is 0 Å². The zero-order valence-corrected chi connectivity index (χ0v) is 16.5. The molecule has 25 heavy (non-hydrogen) atoms. The smallest absolute Gasteiger partial charge is 0.408 e. The van der Waals surface area contributed by atoms with Crippen molar-refractivity contribution in [3.05, 3.63) is 0 Å². The molecule has 8 nitrogen and oxygen atoms in total. The Balaban J connectivity index is 4.65. The maximum atomic E-state index is 12.4. The van der Waals surface area contributed by atoms with Crippen LogP contribution in [0.25, 0.3) is 0 Å². The van der Waals surface area contributed by atoms with Gasteiger partial charge in [0.15, 0.2) is 6.29 Å². The molecule has 0 bridgehead atoms. The maximum Gasteiger partial charge on any atom is 0.408 e. The molecule has 0 radical (unpaired) electrons. The van der Waals surface area contributed by atoms with Gasteiger partial charge in [-0.15, -0.1) is 0 Å². The van der Waals surface area contributed by atoms with Crippen LogP contribution in [0.1, 0.15) is 47.5 Å². The molecule has 0 spiro atoms. The summed E-state index contributed by atoms with van der Waals surface area (Å²) in [5, 5.41) is 14.4. The minimum Gasteiger partial charge on any atom is -0.444 e. The molecule has 8 heteroatoms. The van der Waals surface area contributed by atoms with Crippen LogP contribution in [-0.4, -0.2) is 62.4 Å². The second-order valence-electron chi connectivity index (χ2n) is 7.70. The first-order valence-corrected chi connectivity index (χ1v) is 8.38. The molecule has 0 rings (SSSR count). The van der Waals surface area contributed by atoms with Crippen LogP contribution >= 0.6 is 0 Å². The van der Waals surface area contributed by atoms with Gasteiger partial charge in [-0.25, -0.2) is 4.79 Å². The molecule has 3 N–H and O–H groups in total. The minimum atomic E-state index is -0.865. The first-order valence-electron chi connectivity index (χ1n) is 8.38. The molecule has 0 saturated heterocycles. The van der Waals surface area contributed by atoms with Crippen LogP contribution in [0.2, 0.25) is 0 Å². The lowest BCUT2D eigenvalue weighted by atomic mass is 9.88. The zero-order chi connectivity index (χ0) is 19.7. The highest BCUT2D eigenvalue weighted by Crippen LogP contribution is 2.23. The van der Waals surface area contributed by atoms with Crippen molar-refractivity contribution in [2.45, 2.75) is 65.4 Å². The van der Waals surface area contributed by atoms with E-state index in [2.05, 4.69) is 10.6 Å². The van der Waals surface area contributed by atoms with Crippen molar-refractivity contribution < 1.29 is 28.9 Å². The quantitative estimate of drug-likeness (QED) is 0.508. The van der Waals surface area contributed by atoms with Gasteiger partial charge in [0.25, 0.3) is 0 Å². The van der Waals surface area contributed by atoms with E-state index in [1.54, 1.807) is 35.0 Å². The fourth-order valence-corrected chi connectivity index (χ4v) is 2.08. The fraction of sp³-hybridized carbons (Fsp3) is 0.882. The summed E-state index contributed by atoms with van der Waals surface area (Å²) >= 11 is 0. The van der Waals surface area contributed by atoms with Crippen LogP contribution in [0.4, 0.5) is 4.79 Å². The summed E-state index contributed by atoms with van der Waals surface area (Å²) in [6, 6.07) is -0.865. The van der Waals surface area contributed by atoms with Gasteiger partial charge in [0.2, 0.25) is 5.91 Å². The Bertz CT molecular complexity index is 416. The maximum absolute atomic E-state index is 12.4. The lowest BCUT2D eigenvalue weighted by molar-refractivity contribution is -0.128. The van der Waals surface area contributed by atoms with E-state index in [1.807, 2.05) is 13.8 Å². The molecule has 0 aliphatic rings. The van der Waals surface area contributed by atoms with Crippen LogP contribution in [0.5, 0.6) is 0 Å². The standard InChI is InChI=1S/C17H34N2O6/c1-16(2,3)25-15(22)19-12(8-9-20)14(21)18-11-17(4,5)10-13(23-6)24-7/h12-13,20H,8-11H2,1-7H3,(H,18,21)(H,19,22)/t12-/m0/s1. The molecule has 0 heterocycles. The number of methoxy groups -OCH3 is 2. The Labute approximate surface area is 150 Å². The third-order valence-electron chi connectivity index (χ3n) is 3.41. The highest BCUT2D eigenvalue weighted by Gasteiger charge is 2.27. The highest BCUT2D eigenvalue weighted by molar-refractivity contribution is 5.85. The first kappa shape index (κ1) is 23.6. The van der Waals surface area contributed by atoms with E-state index in [1.165, 1.54) is 0 Å². The van der Waals surface area contributed by atoms with E-state index in [-0.39, 0.29) is 30.6 Å². The van der Waals surface area contributed by atoms with Gasteiger partial charge in [-0.05, 0) is 32.6 Å². The summed E-state index contributed by atoms with van der Waals surface area (Å²) in [5.74, 6) is -0.376. The van der Waals surface area contributed by atoms with Crippen LogP contribution in [0.3, 0.4) is 0 Å². The van der Waals surface area contributed by atoms with Gasteiger partial charge in [-0.1, -0.05) is 13.8 Å². The van der Waals surface area contributed by atoms with Gasteiger partial charge in [-0.2, -0.15) is 0 Å². The average Bonchev–Trinajstić information content (AvgIpc) is 2.48. The number of ether oxygens (including phenoxy) is 3. The molecule has 1 atom stereocenters. The van der Waals surface area contributed by atoms with Gasteiger partial charge < -0.3 is 30.0 Å². The number of carbonyl (C=O) groups excluding carboxylic acids is 2. The summed E-state index contributed by atoms with van der Waals surface area (Å²) in [7, 11) is 3.12. The zero-order valence-electron chi connectivity index (χ0n) is 16.5. The molecular formula is C17H34N2O6. The molecule has 0 saturated carbocycles. The van der Waals surface area contributed by atoms with E-state index >= 15 is 0 Å². The van der Waals surface area contributed by atoms with E-state index < -0.39 is 17.7 Å². The summed E-state index contributed by atoms with van der Waals surface area (Å²) in [6.45, 7) is 9.29. The Morgan fingerprint density at radius 2 is 1.64 bits per heavy atom. The van der Waals surface area contributed by atoms with E-state index in [9.17, 15) is 9.59 Å². The van der Waals surface area contributed by atoms with Gasteiger partial charge >= 0.3 is 6.09 Å². The molecular weight excluding hydrogens is 328 g/mol. The SMILES string of the molecule is COC(CC(C)(C)CNC(=O)[C@H](CCO)NC(=O)OC(C)(C)C)OC. The second kappa shape index (κ2) is 10.6. The number of aliphatic hydroxyl groups is 1. The van der Waals surface area contributed by atoms with Crippen LogP contribution in [0.15, 0.2) is 0 Å². The number of carbonyl (C=O) groups is 2. The monoisotopic (exact) mass is 362 g/mol. The average molecular weight is 362 g/mol. The van der Waals surface area contributed by atoms with Crippen molar-refractivity contribution in [3.63, 3.8) is 0 Å². The van der Waals surface area contributed by atoms with E-state index in [0.29, 0.717) is 13.0 Å². The number of hydrogen-bond donors (Lipinski definition) is 3. The summed E-state index contributed by atoms with van der Waals surface area (Å²) in [6.07, 6.45) is -0.367. The third kappa shape index (κ3) is 11.0. The number of alkyl carbamates (subject to hydrolysis) is 1. The molecule has 148 valence electrons. The van der Waals surface area contributed by atoms with Crippen LogP contribution in [-0.2, 0) is 19.0 Å². The Kier molecular flexibility index (Phi) is 9.99. The summed E-state index contributed by atoms with van der Waals surface area (Å²) in [5.41, 5.74) is -0.941. The van der Waals surface area contributed by atoms with Crippen LogP contribution < -0.4 is 10.6 Å². The highest BCUT2D eigenvalue weighted by atomic mass is 16.7. The molecule has 0 unspecified atom stereocenters. The Morgan fingerprint density at radius 3 is 2.08 bits per heavy atom. The molecule has 0 aromatic rings. The minimum absolute atomic E-state index is 0.101. The van der Waals surface area contributed by atoms with Crippen molar-refractivity contribution in [1.29, 1.82) is 0 Å². The third-order valence-corrected chi connectivity index (χ3v) is 3.41. The van der Waals surface area contributed by atoms with Gasteiger partial charge in [0, 0.05) is 33.8 Å². The predicted octanol–water partition coefficient (Wildman–Crippen LogP) is 1.41. The Morgan fingerprint density at radius 1 is 1.08 bits per heavy atom. The first-order chi connectivity index (χ1) is 11.4. The number of rotatable bonds is 10. The molecule has 0 aliphatic heterocycles. The summed E-state index contributed by atoms with van der Waals surface area (Å²) < 4.78 is 15.5. The predicted molar refractivity (Wildman–Crippen MR) is 94.1 cm³/mol. The molecule has 2 amide bonds. The molecule has 0 aromatic carbocycles. The number of hydrogen-bond acceptors (Lipinski definition) is 6. The van der Waals surface area contributed by atoms with Gasteiger partial charge in [-0.3, -0.25) is 4.79 Å². The Hall–Kier alpha value is -1.38. The topological polar surface area (TPSA) is 106 Å². The molecule has 0 fully saturated rings. The normalized spacial score (nSPS) is 13.5. The van der Waals surface area contributed by atoms with Crippen molar-refractivity contribution in [2.75, 3.05) is 27.4 Å². The van der Waals surface area contributed by atoms with Crippen molar-refractivity contribution in [1.82, 2.24) is 10.6 Å². The molecule has 0 aliphatic carbocycles. The molecule has 0 aromatic heterocycles. The number of aliphatic hydroxyl groups excluding tert-OH is 1. The number of nitrogens with one attached hydrogen (secondary N) is 2. The largest absolute Gasteiger partial charge is 0.444 e. The van der Waals surface area contributed by atoms with Crippen molar-refractivity contribution in [2.24, 2.45) is 5.41 Å². The second-order valence-corrected chi connectivity index (χ2v) is 7.70. The van der Waals surface area contributed by atoms with E-state index in [0.717, 1.165) is 0 Å². The fourth-order valence-electron chi connectivity index (χ4n) is 2.08.